The van der Waals surface area contributed by atoms with Crippen LogP contribution in [-0.4, -0.2) is 35.2 Å². The van der Waals surface area contributed by atoms with Crippen molar-refractivity contribution in [1.29, 1.82) is 5.26 Å². The summed E-state index contributed by atoms with van der Waals surface area (Å²) < 4.78 is 0. The third kappa shape index (κ3) is 3.81. The van der Waals surface area contributed by atoms with Crippen molar-refractivity contribution in [2.45, 2.75) is 57.1 Å². The first kappa shape index (κ1) is 12.5. The van der Waals surface area contributed by atoms with Gasteiger partial charge in [-0.25, -0.2) is 0 Å². The fourth-order valence-corrected chi connectivity index (χ4v) is 2.28. The first-order valence-corrected chi connectivity index (χ1v) is 5.87. The van der Waals surface area contributed by atoms with Crippen molar-refractivity contribution in [2.24, 2.45) is 0 Å². The maximum atomic E-state index is 10.3. The Morgan fingerprint density at radius 3 is 2.53 bits per heavy atom. The molecule has 0 aliphatic heterocycles. The van der Waals surface area contributed by atoms with Crippen molar-refractivity contribution in [1.82, 2.24) is 4.90 Å². The van der Waals surface area contributed by atoms with Crippen molar-refractivity contribution in [3.63, 3.8) is 0 Å². The molecule has 0 spiro atoms. The van der Waals surface area contributed by atoms with Crippen LogP contribution >= 0.6 is 0 Å². The number of rotatable bonds is 4. The Morgan fingerprint density at radius 1 is 1.40 bits per heavy atom. The van der Waals surface area contributed by atoms with E-state index in [-0.39, 0.29) is 6.04 Å². The van der Waals surface area contributed by atoms with E-state index >= 15 is 0 Å². The largest absolute Gasteiger partial charge is 0.389 e. The van der Waals surface area contributed by atoms with Gasteiger partial charge in [0.05, 0.1) is 18.1 Å². The highest BCUT2D eigenvalue weighted by atomic mass is 16.3. The molecule has 1 N–H and O–H groups in total. The fraction of sp³-hybridized carbons (Fsp3) is 0.917. The van der Waals surface area contributed by atoms with Crippen molar-refractivity contribution in [3.05, 3.63) is 0 Å². The lowest BCUT2D eigenvalue weighted by molar-refractivity contribution is -0.0274. The monoisotopic (exact) mass is 210 g/mol. The number of nitriles is 1. The molecule has 1 fully saturated rings. The lowest BCUT2D eigenvalue weighted by atomic mass is 9.84. The van der Waals surface area contributed by atoms with Crippen molar-refractivity contribution in [2.75, 3.05) is 13.6 Å². The summed E-state index contributed by atoms with van der Waals surface area (Å²) in [6, 6.07) is 2.41. The molecule has 3 nitrogen and oxygen atoms in total. The molecule has 0 aromatic rings. The third-order valence-electron chi connectivity index (χ3n) is 3.47. The number of likely N-dealkylation sites (N-methyl/N-ethyl adjacent to an activating group) is 1. The van der Waals surface area contributed by atoms with E-state index < -0.39 is 5.60 Å². The van der Waals surface area contributed by atoms with E-state index in [0.717, 1.165) is 25.7 Å². The van der Waals surface area contributed by atoms with Crippen LogP contribution < -0.4 is 0 Å². The minimum atomic E-state index is -0.503. The van der Waals surface area contributed by atoms with Gasteiger partial charge >= 0.3 is 0 Å². The van der Waals surface area contributed by atoms with Crippen LogP contribution in [0.15, 0.2) is 0 Å². The molecule has 1 aliphatic rings. The Balaban J connectivity index is 2.42. The Morgan fingerprint density at radius 2 is 2.00 bits per heavy atom. The molecule has 86 valence electrons. The SMILES string of the molecule is CC(CC#N)N(C)CC1(O)CCCCC1. The van der Waals surface area contributed by atoms with Gasteiger partial charge in [-0.1, -0.05) is 19.3 Å². The Kier molecular flexibility index (Phi) is 4.56. The normalized spacial score (nSPS) is 22.3. The van der Waals surface area contributed by atoms with Crippen LogP contribution in [0.2, 0.25) is 0 Å². The van der Waals surface area contributed by atoms with E-state index in [1.807, 2.05) is 14.0 Å². The van der Waals surface area contributed by atoms with Crippen LogP contribution in [0, 0.1) is 11.3 Å². The molecular formula is C12H22N2O. The van der Waals surface area contributed by atoms with Gasteiger partial charge < -0.3 is 5.11 Å². The molecule has 1 saturated carbocycles. The topological polar surface area (TPSA) is 47.3 Å². The van der Waals surface area contributed by atoms with Crippen LogP contribution in [0.5, 0.6) is 0 Å². The molecular weight excluding hydrogens is 188 g/mol. The zero-order valence-electron chi connectivity index (χ0n) is 9.87. The van der Waals surface area contributed by atoms with Gasteiger partial charge in [0, 0.05) is 12.6 Å². The van der Waals surface area contributed by atoms with Gasteiger partial charge in [0.15, 0.2) is 0 Å². The minimum absolute atomic E-state index is 0.237. The van der Waals surface area contributed by atoms with E-state index in [1.54, 1.807) is 0 Å². The highest BCUT2D eigenvalue weighted by Crippen LogP contribution is 2.29. The molecule has 3 heteroatoms. The second kappa shape index (κ2) is 5.48. The molecule has 1 aliphatic carbocycles. The van der Waals surface area contributed by atoms with Crippen molar-refractivity contribution >= 4 is 0 Å². The van der Waals surface area contributed by atoms with Crippen LogP contribution in [0.3, 0.4) is 0 Å². The quantitative estimate of drug-likeness (QED) is 0.771. The molecule has 1 rings (SSSR count). The van der Waals surface area contributed by atoms with Gasteiger partial charge in [-0.05, 0) is 26.8 Å². The second-order valence-electron chi connectivity index (χ2n) is 4.91. The Hall–Kier alpha value is -0.590. The van der Waals surface area contributed by atoms with Gasteiger partial charge in [0.25, 0.3) is 0 Å². The summed E-state index contributed by atoms with van der Waals surface area (Å²) in [6.07, 6.45) is 5.88. The van der Waals surface area contributed by atoms with Crippen molar-refractivity contribution < 1.29 is 5.11 Å². The van der Waals surface area contributed by atoms with Gasteiger partial charge in [0.2, 0.25) is 0 Å². The van der Waals surface area contributed by atoms with Crippen molar-refractivity contribution in [3.8, 4) is 6.07 Å². The molecule has 0 radical (unpaired) electrons. The summed E-state index contributed by atoms with van der Waals surface area (Å²) >= 11 is 0. The molecule has 1 unspecified atom stereocenters. The van der Waals surface area contributed by atoms with Gasteiger partial charge in [-0.3, -0.25) is 4.90 Å². The average molecular weight is 210 g/mol. The standard InChI is InChI=1S/C12H22N2O/c1-11(6-9-13)14(2)10-12(15)7-4-3-5-8-12/h11,15H,3-8,10H2,1-2H3. The molecule has 0 bridgehead atoms. The van der Waals surface area contributed by atoms with Gasteiger partial charge in [-0.15, -0.1) is 0 Å². The molecule has 0 saturated heterocycles. The summed E-state index contributed by atoms with van der Waals surface area (Å²) in [5.41, 5.74) is -0.503. The molecule has 0 heterocycles. The van der Waals surface area contributed by atoms with E-state index in [0.29, 0.717) is 13.0 Å². The number of nitrogens with zero attached hydrogens (tertiary/aromatic N) is 2. The molecule has 0 aromatic carbocycles. The van der Waals surface area contributed by atoms with Crippen LogP contribution in [0.1, 0.15) is 45.4 Å². The average Bonchev–Trinajstić information content (AvgIpc) is 2.18. The summed E-state index contributed by atoms with van der Waals surface area (Å²) in [6.45, 7) is 2.74. The van der Waals surface area contributed by atoms with E-state index in [1.165, 1.54) is 6.42 Å². The highest BCUT2D eigenvalue weighted by Gasteiger charge is 2.31. The lowest BCUT2D eigenvalue weighted by Gasteiger charge is -2.37. The zero-order chi connectivity index (χ0) is 11.3. The van der Waals surface area contributed by atoms with E-state index in [2.05, 4.69) is 11.0 Å². The fourth-order valence-electron chi connectivity index (χ4n) is 2.28. The van der Waals surface area contributed by atoms with Crippen LogP contribution in [0.25, 0.3) is 0 Å². The lowest BCUT2D eigenvalue weighted by Crippen LogP contribution is -2.45. The smallest absolute Gasteiger partial charge is 0.0774 e. The first-order valence-electron chi connectivity index (χ1n) is 5.87. The van der Waals surface area contributed by atoms with Gasteiger partial charge in [-0.2, -0.15) is 5.26 Å². The predicted octanol–water partition coefficient (Wildman–Crippen LogP) is 1.92. The molecule has 0 aromatic heterocycles. The number of aliphatic hydroxyl groups is 1. The molecule has 1 atom stereocenters. The summed E-state index contributed by atoms with van der Waals surface area (Å²) in [5.74, 6) is 0. The maximum absolute atomic E-state index is 10.3. The number of hydrogen-bond donors (Lipinski definition) is 1. The zero-order valence-corrected chi connectivity index (χ0v) is 9.87. The first-order chi connectivity index (χ1) is 7.07. The van der Waals surface area contributed by atoms with E-state index in [9.17, 15) is 5.11 Å². The van der Waals surface area contributed by atoms with E-state index in [4.69, 9.17) is 5.26 Å². The molecule has 15 heavy (non-hydrogen) atoms. The van der Waals surface area contributed by atoms with Crippen LogP contribution in [0.4, 0.5) is 0 Å². The second-order valence-corrected chi connectivity index (χ2v) is 4.91. The minimum Gasteiger partial charge on any atom is -0.389 e. The predicted molar refractivity (Wildman–Crippen MR) is 60.4 cm³/mol. The summed E-state index contributed by atoms with van der Waals surface area (Å²) in [5, 5.41) is 19.0. The Bertz CT molecular complexity index is 228. The maximum Gasteiger partial charge on any atom is 0.0774 e. The summed E-state index contributed by atoms with van der Waals surface area (Å²) in [4.78, 5) is 2.11. The Labute approximate surface area is 92.7 Å². The number of hydrogen-bond acceptors (Lipinski definition) is 3. The summed E-state index contributed by atoms with van der Waals surface area (Å²) in [7, 11) is 1.99. The van der Waals surface area contributed by atoms with Crippen LogP contribution in [-0.2, 0) is 0 Å². The third-order valence-corrected chi connectivity index (χ3v) is 3.47. The highest BCUT2D eigenvalue weighted by molar-refractivity contribution is 4.87. The molecule has 0 amide bonds. The van der Waals surface area contributed by atoms with Gasteiger partial charge in [0.1, 0.15) is 0 Å².